The summed E-state index contributed by atoms with van der Waals surface area (Å²) in [5.41, 5.74) is 0.246. The van der Waals surface area contributed by atoms with Gasteiger partial charge in [0.05, 0.1) is 6.20 Å². The third kappa shape index (κ3) is 2.13. The molecule has 1 N–H and O–H groups in total. The maximum atomic E-state index is 6.06. The molecular formula is C14H22N2O. The van der Waals surface area contributed by atoms with E-state index in [1.54, 1.807) is 0 Å². The first-order chi connectivity index (χ1) is 8.28. The van der Waals surface area contributed by atoms with Crippen LogP contribution in [-0.4, -0.2) is 18.1 Å². The van der Waals surface area contributed by atoms with Crippen molar-refractivity contribution in [3.8, 4) is 0 Å². The molecule has 1 aliphatic heterocycles. The molecule has 0 amide bonds. The first kappa shape index (κ1) is 11.3. The van der Waals surface area contributed by atoms with E-state index in [9.17, 15) is 0 Å². The summed E-state index contributed by atoms with van der Waals surface area (Å²) < 4.78 is 6.06. The van der Waals surface area contributed by atoms with Crippen LogP contribution in [0.4, 0.5) is 0 Å². The number of hydrogen-bond acceptors (Lipinski definition) is 3. The van der Waals surface area contributed by atoms with Crippen LogP contribution in [0.1, 0.15) is 63.0 Å². The van der Waals surface area contributed by atoms with Crippen molar-refractivity contribution in [3.05, 3.63) is 17.8 Å². The molecule has 2 heterocycles. The maximum Gasteiger partial charge on any atom is 0.198 e. The number of nitrogens with one attached hydrogen (secondary N) is 1. The van der Waals surface area contributed by atoms with E-state index in [0.717, 1.165) is 31.2 Å². The lowest BCUT2D eigenvalue weighted by molar-refractivity contribution is 0.258. The van der Waals surface area contributed by atoms with Gasteiger partial charge in [-0.05, 0) is 25.8 Å². The lowest BCUT2D eigenvalue weighted by Crippen LogP contribution is -2.24. The number of aromatic nitrogens is 1. The summed E-state index contributed by atoms with van der Waals surface area (Å²) in [5, 5.41) is 3.37. The van der Waals surface area contributed by atoms with E-state index >= 15 is 0 Å². The fourth-order valence-corrected chi connectivity index (χ4v) is 3.20. The molecule has 3 heteroatoms. The van der Waals surface area contributed by atoms with Gasteiger partial charge in [-0.15, -0.1) is 0 Å². The van der Waals surface area contributed by atoms with Crippen LogP contribution >= 0.6 is 0 Å². The largest absolute Gasteiger partial charge is 0.445 e. The van der Waals surface area contributed by atoms with E-state index in [2.05, 4.69) is 17.2 Å². The standard InChI is InChI=1S/C14H22N2O/c1-14(6-3-2-4-7-14)12-10-16-13(17-12)11-5-8-15-9-11/h10-11,15H,2-9H2,1H3. The number of rotatable bonds is 2. The highest BCUT2D eigenvalue weighted by atomic mass is 16.4. The van der Waals surface area contributed by atoms with Gasteiger partial charge in [-0.1, -0.05) is 26.2 Å². The lowest BCUT2D eigenvalue weighted by Gasteiger charge is -2.31. The van der Waals surface area contributed by atoms with Gasteiger partial charge in [-0.25, -0.2) is 4.98 Å². The Morgan fingerprint density at radius 3 is 2.88 bits per heavy atom. The predicted molar refractivity (Wildman–Crippen MR) is 67.2 cm³/mol. The quantitative estimate of drug-likeness (QED) is 0.855. The highest BCUT2D eigenvalue weighted by Gasteiger charge is 2.33. The van der Waals surface area contributed by atoms with Crippen LogP contribution in [0, 0.1) is 0 Å². The lowest BCUT2D eigenvalue weighted by atomic mass is 9.74. The van der Waals surface area contributed by atoms with Gasteiger partial charge in [0.25, 0.3) is 0 Å². The molecule has 0 radical (unpaired) electrons. The number of nitrogens with zero attached hydrogens (tertiary/aromatic N) is 1. The van der Waals surface area contributed by atoms with Gasteiger partial charge in [0.1, 0.15) is 5.76 Å². The van der Waals surface area contributed by atoms with Gasteiger partial charge < -0.3 is 9.73 Å². The van der Waals surface area contributed by atoms with Crippen molar-refractivity contribution in [3.63, 3.8) is 0 Å². The second kappa shape index (κ2) is 4.45. The molecule has 1 saturated heterocycles. The smallest absolute Gasteiger partial charge is 0.198 e. The number of oxazole rings is 1. The molecule has 94 valence electrons. The molecule has 1 saturated carbocycles. The summed E-state index contributed by atoms with van der Waals surface area (Å²) in [6.07, 6.45) is 9.70. The van der Waals surface area contributed by atoms with Gasteiger partial charge in [0, 0.05) is 17.9 Å². The molecule has 1 aromatic rings. The Kier molecular flexibility index (Phi) is 2.95. The van der Waals surface area contributed by atoms with E-state index < -0.39 is 0 Å². The van der Waals surface area contributed by atoms with Crippen molar-refractivity contribution in [1.82, 2.24) is 10.3 Å². The zero-order valence-corrected chi connectivity index (χ0v) is 10.7. The molecule has 1 unspecified atom stereocenters. The van der Waals surface area contributed by atoms with Crippen LogP contribution in [0.5, 0.6) is 0 Å². The van der Waals surface area contributed by atoms with Crippen molar-refractivity contribution in [2.24, 2.45) is 0 Å². The van der Waals surface area contributed by atoms with Gasteiger partial charge in [-0.2, -0.15) is 0 Å². The second-order valence-electron chi connectivity index (χ2n) is 5.87. The minimum Gasteiger partial charge on any atom is -0.445 e. The minimum absolute atomic E-state index is 0.246. The molecule has 0 spiro atoms. The molecule has 2 aliphatic rings. The topological polar surface area (TPSA) is 38.1 Å². The summed E-state index contributed by atoms with van der Waals surface area (Å²) in [5.74, 6) is 2.58. The van der Waals surface area contributed by atoms with Crippen molar-refractivity contribution in [2.75, 3.05) is 13.1 Å². The summed E-state index contributed by atoms with van der Waals surface area (Å²) in [6, 6.07) is 0. The molecule has 1 aliphatic carbocycles. The SMILES string of the molecule is CC1(c2cnc(C3CCNC3)o2)CCCCC1. The van der Waals surface area contributed by atoms with Crippen molar-refractivity contribution in [2.45, 2.75) is 56.8 Å². The van der Waals surface area contributed by atoms with Crippen LogP contribution in [0.15, 0.2) is 10.6 Å². The fourth-order valence-electron chi connectivity index (χ4n) is 3.20. The average molecular weight is 234 g/mol. The minimum atomic E-state index is 0.246. The molecule has 3 nitrogen and oxygen atoms in total. The Labute approximate surface area is 103 Å². The van der Waals surface area contributed by atoms with E-state index in [4.69, 9.17) is 4.42 Å². The monoisotopic (exact) mass is 234 g/mol. The van der Waals surface area contributed by atoms with Crippen LogP contribution in [0.2, 0.25) is 0 Å². The molecule has 17 heavy (non-hydrogen) atoms. The van der Waals surface area contributed by atoms with Crippen LogP contribution in [0.25, 0.3) is 0 Å². The first-order valence-corrected chi connectivity index (χ1v) is 6.95. The van der Waals surface area contributed by atoms with Gasteiger partial charge in [-0.3, -0.25) is 0 Å². The third-order valence-corrected chi connectivity index (χ3v) is 4.49. The van der Waals surface area contributed by atoms with Crippen LogP contribution in [-0.2, 0) is 5.41 Å². The van der Waals surface area contributed by atoms with Crippen LogP contribution < -0.4 is 5.32 Å². The Balaban J connectivity index is 1.78. The molecule has 1 atom stereocenters. The molecule has 2 fully saturated rings. The van der Waals surface area contributed by atoms with Gasteiger partial charge in [0.15, 0.2) is 5.89 Å². The Hall–Kier alpha value is -0.830. The summed E-state index contributed by atoms with van der Waals surface area (Å²) in [7, 11) is 0. The fraction of sp³-hybridized carbons (Fsp3) is 0.786. The summed E-state index contributed by atoms with van der Waals surface area (Å²) >= 11 is 0. The van der Waals surface area contributed by atoms with Gasteiger partial charge in [0.2, 0.25) is 0 Å². The second-order valence-corrected chi connectivity index (χ2v) is 5.87. The third-order valence-electron chi connectivity index (χ3n) is 4.49. The molecule has 0 bridgehead atoms. The maximum absolute atomic E-state index is 6.06. The van der Waals surface area contributed by atoms with Crippen molar-refractivity contribution in [1.29, 1.82) is 0 Å². The Morgan fingerprint density at radius 2 is 2.18 bits per heavy atom. The predicted octanol–water partition coefficient (Wildman–Crippen LogP) is 2.97. The van der Waals surface area contributed by atoms with Gasteiger partial charge >= 0.3 is 0 Å². The number of hydrogen-bond donors (Lipinski definition) is 1. The molecule has 1 aromatic heterocycles. The highest BCUT2D eigenvalue weighted by molar-refractivity contribution is 5.12. The van der Waals surface area contributed by atoms with E-state index in [-0.39, 0.29) is 5.41 Å². The van der Waals surface area contributed by atoms with E-state index in [1.165, 1.54) is 32.1 Å². The Morgan fingerprint density at radius 1 is 1.35 bits per heavy atom. The molecule has 0 aromatic carbocycles. The average Bonchev–Trinajstić information content (AvgIpc) is 3.01. The van der Waals surface area contributed by atoms with E-state index in [1.807, 2.05) is 6.20 Å². The van der Waals surface area contributed by atoms with E-state index in [0.29, 0.717) is 5.92 Å². The molecular weight excluding hydrogens is 212 g/mol. The normalized spacial score (nSPS) is 28.4. The van der Waals surface area contributed by atoms with Crippen LogP contribution in [0.3, 0.4) is 0 Å². The summed E-state index contributed by atoms with van der Waals surface area (Å²) in [4.78, 5) is 4.51. The Bertz CT molecular complexity index is 373. The zero-order chi connectivity index (χ0) is 11.7. The van der Waals surface area contributed by atoms with Crippen molar-refractivity contribution >= 4 is 0 Å². The highest BCUT2D eigenvalue weighted by Crippen LogP contribution is 2.40. The molecule has 3 rings (SSSR count). The summed E-state index contributed by atoms with van der Waals surface area (Å²) in [6.45, 7) is 4.46. The first-order valence-electron chi connectivity index (χ1n) is 6.95. The zero-order valence-electron chi connectivity index (χ0n) is 10.7. The van der Waals surface area contributed by atoms with Crippen molar-refractivity contribution < 1.29 is 4.42 Å².